The number of imidazole rings is 1. The van der Waals surface area contributed by atoms with E-state index in [4.69, 9.17) is 20.4 Å². The van der Waals surface area contributed by atoms with E-state index in [0.29, 0.717) is 58.0 Å². The van der Waals surface area contributed by atoms with Gasteiger partial charge in [0.25, 0.3) is 0 Å². The molecule has 1 saturated heterocycles. The Hall–Kier alpha value is -4.90. The largest absolute Gasteiger partial charge is 0.481 e. The SMILES string of the molecule is COc1cccc(-c2ccc3nc(-c4cccnc4N)n(-c4ccc5c(c4)CC(F)[C@@H]5NC4CCN(C(=O)C5CC5)CC4)c3n2)n1. The summed E-state index contributed by atoms with van der Waals surface area (Å²) in [7, 11) is 1.58. The number of rotatable bonds is 7. The number of nitrogen functional groups attached to an aromatic ring is 1. The standard InChI is InChI=1S/C35H35FN8O2/c1-46-30-6-2-5-27(40-30)28-11-12-29-34(41-28)44(33(42-29)25-4-3-15-38-32(25)37)23-9-10-24-21(18-23)19-26(36)31(24)39-22-13-16-43(17-14-22)35(45)20-7-8-20/h2-6,9-12,15,18,20,22,26,31,39H,7-8,13-14,16-17,19H2,1H3,(H2,37,38)/t26?,31-/m1/s1. The van der Waals surface area contributed by atoms with Crippen LogP contribution in [0.2, 0.25) is 0 Å². The summed E-state index contributed by atoms with van der Waals surface area (Å²) in [4.78, 5) is 33.3. The molecule has 11 heteroatoms. The molecule has 3 aliphatic rings. The van der Waals surface area contributed by atoms with E-state index in [1.165, 1.54) is 0 Å². The molecule has 46 heavy (non-hydrogen) atoms. The Morgan fingerprint density at radius 3 is 2.59 bits per heavy atom. The number of amides is 1. The van der Waals surface area contributed by atoms with Gasteiger partial charge in [0.2, 0.25) is 11.8 Å². The number of hydrogen-bond acceptors (Lipinski definition) is 8. The summed E-state index contributed by atoms with van der Waals surface area (Å²) in [5.41, 5.74) is 12.4. The average Bonchev–Trinajstić information content (AvgIpc) is 3.80. The number of carbonyl (C=O) groups is 1. The minimum atomic E-state index is -1.05. The lowest BCUT2D eigenvalue weighted by Crippen LogP contribution is -2.47. The van der Waals surface area contributed by atoms with Crippen molar-refractivity contribution in [3.63, 3.8) is 0 Å². The van der Waals surface area contributed by atoms with Gasteiger partial charge in [-0.1, -0.05) is 12.1 Å². The predicted molar refractivity (Wildman–Crippen MR) is 173 cm³/mol. The number of nitrogens with two attached hydrogens (primary N) is 1. The molecule has 4 aromatic heterocycles. The fourth-order valence-corrected chi connectivity index (χ4v) is 6.84. The highest BCUT2D eigenvalue weighted by Gasteiger charge is 2.38. The summed E-state index contributed by atoms with van der Waals surface area (Å²) < 4.78 is 23.0. The van der Waals surface area contributed by atoms with Crippen molar-refractivity contribution in [2.24, 2.45) is 5.92 Å². The number of benzene rings is 1. The molecule has 0 radical (unpaired) electrons. The lowest BCUT2D eigenvalue weighted by atomic mass is 10.0. The first kappa shape index (κ1) is 28.6. The maximum Gasteiger partial charge on any atom is 0.225 e. The molecule has 1 amide bonds. The van der Waals surface area contributed by atoms with Crippen molar-refractivity contribution in [2.45, 2.75) is 50.4 Å². The predicted octanol–water partition coefficient (Wildman–Crippen LogP) is 5.06. The summed E-state index contributed by atoms with van der Waals surface area (Å²) in [5.74, 6) is 1.98. The normalized spacial score (nSPS) is 19.8. The number of ether oxygens (including phenoxy) is 1. The number of anilines is 1. The summed E-state index contributed by atoms with van der Waals surface area (Å²) in [6.45, 7) is 1.47. The van der Waals surface area contributed by atoms with Crippen LogP contribution >= 0.6 is 0 Å². The van der Waals surface area contributed by atoms with Crippen molar-refractivity contribution in [2.75, 3.05) is 25.9 Å². The van der Waals surface area contributed by atoms with Gasteiger partial charge in [-0.05, 0) is 79.3 Å². The number of aromatic nitrogens is 5. The maximum absolute atomic E-state index is 15.7. The van der Waals surface area contributed by atoms with Gasteiger partial charge in [0.15, 0.2) is 11.5 Å². The van der Waals surface area contributed by atoms with Crippen LogP contribution in [-0.2, 0) is 11.2 Å². The van der Waals surface area contributed by atoms with Crippen LogP contribution in [-0.4, -0.2) is 67.7 Å². The number of likely N-dealkylation sites (tertiary alicyclic amines) is 1. The number of nitrogens with one attached hydrogen (secondary N) is 1. The van der Waals surface area contributed by atoms with Crippen LogP contribution in [0.5, 0.6) is 5.88 Å². The summed E-state index contributed by atoms with van der Waals surface area (Å²) in [5, 5.41) is 3.61. The van der Waals surface area contributed by atoms with Crippen molar-refractivity contribution >= 4 is 22.9 Å². The molecular weight excluding hydrogens is 583 g/mol. The molecule has 8 rings (SSSR count). The zero-order chi connectivity index (χ0) is 31.4. The quantitative estimate of drug-likeness (QED) is 0.260. The molecule has 2 atom stereocenters. The van der Waals surface area contributed by atoms with Gasteiger partial charge in [0.05, 0.1) is 30.1 Å². The van der Waals surface area contributed by atoms with Crippen LogP contribution in [0.25, 0.3) is 39.6 Å². The number of nitrogens with zero attached hydrogens (tertiary/aromatic N) is 6. The van der Waals surface area contributed by atoms with E-state index in [9.17, 15) is 4.79 Å². The molecular formula is C35H35FN8O2. The van der Waals surface area contributed by atoms with Crippen LogP contribution in [0.4, 0.5) is 10.2 Å². The Balaban J connectivity index is 1.14. The summed E-state index contributed by atoms with van der Waals surface area (Å²) in [6.07, 6.45) is 4.62. The molecule has 1 aromatic carbocycles. The molecule has 5 heterocycles. The van der Waals surface area contributed by atoms with E-state index in [0.717, 1.165) is 55.6 Å². The first-order valence-corrected chi connectivity index (χ1v) is 15.9. The van der Waals surface area contributed by atoms with E-state index in [-0.39, 0.29) is 12.0 Å². The molecule has 3 N–H and O–H groups in total. The minimum Gasteiger partial charge on any atom is -0.481 e. The van der Waals surface area contributed by atoms with Crippen LogP contribution in [0.3, 0.4) is 0 Å². The van der Waals surface area contributed by atoms with E-state index < -0.39 is 12.2 Å². The van der Waals surface area contributed by atoms with Gasteiger partial charge in [-0.2, -0.15) is 0 Å². The third kappa shape index (κ3) is 5.14. The highest BCUT2D eigenvalue weighted by molar-refractivity contribution is 5.84. The van der Waals surface area contributed by atoms with Crippen LogP contribution in [0.15, 0.2) is 66.9 Å². The van der Waals surface area contributed by atoms with E-state index >= 15 is 4.39 Å². The molecule has 234 valence electrons. The first-order valence-electron chi connectivity index (χ1n) is 15.9. The topological polar surface area (TPSA) is 124 Å². The Kier molecular flexibility index (Phi) is 7.12. The third-order valence-electron chi connectivity index (χ3n) is 9.42. The molecule has 5 aromatic rings. The zero-order valence-corrected chi connectivity index (χ0v) is 25.6. The van der Waals surface area contributed by atoms with Crippen molar-refractivity contribution in [1.29, 1.82) is 0 Å². The van der Waals surface area contributed by atoms with Crippen molar-refractivity contribution in [1.82, 2.24) is 34.7 Å². The third-order valence-corrected chi connectivity index (χ3v) is 9.42. The molecule has 1 aliphatic heterocycles. The lowest BCUT2D eigenvalue weighted by Gasteiger charge is -2.34. The monoisotopic (exact) mass is 618 g/mol. The number of methoxy groups -OCH3 is 1. The number of hydrogen-bond donors (Lipinski definition) is 2. The van der Waals surface area contributed by atoms with Crippen molar-refractivity contribution in [3.8, 4) is 34.3 Å². The Labute approximate surface area is 265 Å². The second-order valence-electron chi connectivity index (χ2n) is 12.4. The number of carbonyl (C=O) groups excluding carboxylic acids is 1. The number of fused-ring (bicyclic) bond motifs is 2. The summed E-state index contributed by atoms with van der Waals surface area (Å²) in [6, 6.07) is 18.9. The molecule has 0 spiro atoms. The Morgan fingerprint density at radius 2 is 1.80 bits per heavy atom. The number of alkyl halides is 1. The van der Waals surface area contributed by atoms with Gasteiger partial charge >= 0.3 is 0 Å². The average molecular weight is 619 g/mol. The Morgan fingerprint density at radius 1 is 0.978 bits per heavy atom. The van der Waals surface area contributed by atoms with Gasteiger partial charge in [-0.3, -0.25) is 9.36 Å². The van der Waals surface area contributed by atoms with Crippen LogP contribution in [0, 0.1) is 5.92 Å². The van der Waals surface area contributed by atoms with Gasteiger partial charge in [-0.25, -0.2) is 24.3 Å². The highest BCUT2D eigenvalue weighted by atomic mass is 19.1. The van der Waals surface area contributed by atoms with Gasteiger partial charge in [0.1, 0.15) is 17.5 Å². The molecule has 2 fully saturated rings. The second kappa shape index (κ2) is 11.5. The van der Waals surface area contributed by atoms with Gasteiger partial charge < -0.3 is 20.7 Å². The molecule has 2 aliphatic carbocycles. The zero-order valence-electron chi connectivity index (χ0n) is 25.6. The fraction of sp³-hybridized carbons (Fsp3) is 0.343. The molecule has 1 saturated carbocycles. The maximum atomic E-state index is 15.7. The minimum absolute atomic E-state index is 0.169. The second-order valence-corrected chi connectivity index (χ2v) is 12.4. The van der Waals surface area contributed by atoms with Gasteiger partial charge in [0, 0.05) is 49.4 Å². The number of piperidine rings is 1. The van der Waals surface area contributed by atoms with Crippen molar-refractivity contribution in [3.05, 3.63) is 78.0 Å². The Bertz CT molecular complexity index is 1950. The van der Waals surface area contributed by atoms with Crippen LogP contribution < -0.4 is 15.8 Å². The smallest absolute Gasteiger partial charge is 0.225 e. The van der Waals surface area contributed by atoms with Crippen molar-refractivity contribution < 1.29 is 13.9 Å². The number of pyridine rings is 3. The molecule has 10 nitrogen and oxygen atoms in total. The van der Waals surface area contributed by atoms with E-state index in [1.54, 1.807) is 19.4 Å². The van der Waals surface area contributed by atoms with Gasteiger partial charge in [-0.15, -0.1) is 0 Å². The first-order chi connectivity index (χ1) is 22.5. The molecule has 1 unspecified atom stereocenters. The lowest BCUT2D eigenvalue weighted by molar-refractivity contribution is -0.133. The van der Waals surface area contributed by atoms with E-state index in [1.807, 2.05) is 64.1 Å². The molecule has 0 bridgehead atoms. The van der Waals surface area contributed by atoms with E-state index in [2.05, 4.69) is 15.3 Å². The highest BCUT2D eigenvalue weighted by Crippen LogP contribution is 2.38. The fourth-order valence-electron chi connectivity index (χ4n) is 6.84. The number of halogens is 1. The summed E-state index contributed by atoms with van der Waals surface area (Å²) >= 11 is 0. The van der Waals surface area contributed by atoms with Crippen LogP contribution in [0.1, 0.15) is 42.9 Å².